The van der Waals surface area contributed by atoms with Gasteiger partial charge in [-0.15, -0.1) is 0 Å². The van der Waals surface area contributed by atoms with Crippen molar-refractivity contribution in [2.24, 2.45) is 0 Å². The highest BCUT2D eigenvalue weighted by atomic mass is 14.7. The lowest BCUT2D eigenvalue weighted by Gasteiger charge is -2.06. The summed E-state index contributed by atoms with van der Waals surface area (Å²) in [6, 6.07) is 9.87. The smallest absolute Gasteiger partial charge is 0.140 e. The van der Waals surface area contributed by atoms with Gasteiger partial charge in [0.25, 0.3) is 0 Å². The minimum Gasteiger partial charge on any atom is -0.258 e. The van der Waals surface area contributed by atoms with Crippen LogP contribution in [0.5, 0.6) is 0 Å². The first kappa shape index (κ1) is 19.8. The molecule has 0 aromatic carbocycles. The monoisotopic (exact) mass is 297 g/mol. The highest BCUT2D eigenvalue weighted by molar-refractivity contribution is 5.24. The standard InChI is InChI=1S/C10H15N.C7H6N2.C2H6/c1-7(2)10-5-8(3)11-9(4)6-10;1-6-2-3-9-7(4-6)5-8;1-2/h5-7H,1-4H3;2-4H,1H3;1-2H3. The van der Waals surface area contributed by atoms with Crippen molar-refractivity contribution in [1.29, 1.82) is 5.26 Å². The molecular weight excluding hydrogens is 270 g/mol. The van der Waals surface area contributed by atoms with E-state index in [1.165, 1.54) is 5.56 Å². The summed E-state index contributed by atoms with van der Waals surface area (Å²) >= 11 is 0. The van der Waals surface area contributed by atoms with Crippen molar-refractivity contribution in [3.63, 3.8) is 0 Å². The largest absolute Gasteiger partial charge is 0.258 e. The van der Waals surface area contributed by atoms with Crippen LogP contribution in [-0.2, 0) is 0 Å². The van der Waals surface area contributed by atoms with Gasteiger partial charge in [0, 0.05) is 17.6 Å². The minimum atomic E-state index is 0.481. The first-order valence-corrected chi connectivity index (χ1v) is 7.70. The molecule has 22 heavy (non-hydrogen) atoms. The molecule has 0 aliphatic rings. The summed E-state index contributed by atoms with van der Waals surface area (Å²) in [6.45, 7) is 14.4. The third-order valence-corrected chi connectivity index (χ3v) is 2.80. The molecule has 3 nitrogen and oxygen atoms in total. The van der Waals surface area contributed by atoms with E-state index in [1.54, 1.807) is 12.3 Å². The topological polar surface area (TPSA) is 49.6 Å². The Morgan fingerprint density at radius 3 is 1.91 bits per heavy atom. The van der Waals surface area contributed by atoms with Crippen molar-refractivity contribution in [2.45, 2.75) is 54.4 Å². The van der Waals surface area contributed by atoms with Crippen molar-refractivity contribution in [2.75, 3.05) is 0 Å². The van der Waals surface area contributed by atoms with Gasteiger partial charge >= 0.3 is 0 Å². The fourth-order valence-electron chi connectivity index (χ4n) is 1.80. The molecule has 0 aliphatic carbocycles. The second-order valence-corrected chi connectivity index (χ2v) is 5.17. The number of nitrogens with zero attached hydrogens (tertiary/aromatic N) is 3. The molecule has 0 saturated heterocycles. The Kier molecular flexibility index (Phi) is 9.45. The van der Waals surface area contributed by atoms with E-state index < -0.39 is 0 Å². The van der Waals surface area contributed by atoms with Crippen molar-refractivity contribution in [3.05, 3.63) is 58.7 Å². The van der Waals surface area contributed by atoms with Crippen LogP contribution in [0.25, 0.3) is 0 Å². The van der Waals surface area contributed by atoms with Crippen LogP contribution < -0.4 is 0 Å². The number of hydrogen-bond donors (Lipinski definition) is 0. The Morgan fingerprint density at radius 2 is 1.55 bits per heavy atom. The first-order chi connectivity index (χ1) is 10.4. The van der Waals surface area contributed by atoms with Gasteiger partial charge in [0.15, 0.2) is 0 Å². The number of pyridine rings is 2. The van der Waals surface area contributed by atoms with E-state index in [-0.39, 0.29) is 0 Å². The molecule has 0 fully saturated rings. The summed E-state index contributed by atoms with van der Waals surface area (Å²) in [6.07, 6.45) is 1.63. The van der Waals surface area contributed by atoms with Crippen molar-refractivity contribution >= 4 is 0 Å². The maximum Gasteiger partial charge on any atom is 0.140 e. The molecule has 2 aromatic rings. The molecule has 0 unspecified atom stereocenters. The summed E-state index contributed by atoms with van der Waals surface area (Å²) in [7, 11) is 0. The average Bonchev–Trinajstić information content (AvgIpc) is 2.49. The van der Waals surface area contributed by atoms with Gasteiger partial charge in [0.2, 0.25) is 0 Å². The zero-order chi connectivity index (χ0) is 17.1. The second-order valence-electron chi connectivity index (χ2n) is 5.17. The molecule has 0 spiro atoms. The Hall–Kier alpha value is -2.21. The number of aromatic nitrogens is 2. The summed E-state index contributed by atoms with van der Waals surface area (Å²) in [5.74, 6) is 0.607. The SMILES string of the molecule is CC.Cc1cc(C(C)C)cc(C)n1.Cc1ccnc(C#N)c1. The lowest BCUT2D eigenvalue weighted by atomic mass is 10.0. The highest BCUT2D eigenvalue weighted by Gasteiger charge is 2.00. The quantitative estimate of drug-likeness (QED) is 0.735. The Labute approximate surface area is 135 Å². The number of aryl methyl sites for hydroxylation is 3. The second kappa shape index (κ2) is 10.5. The van der Waals surface area contributed by atoms with Crippen LogP contribution in [0.1, 0.15) is 61.8 Å². The number of rotatable bonds is 1. The van der Waals surface area contributed by atoms with E-state index in [0.717, 1.165) is 17.0 Å². The summed E-state index contributed by atoms with van der Waals surface area (Å²) < 4.78 is 0. The van der Waals surface area contributed by atoms with Crippen LogP contribution in [0.4, 0.5) is 0 Å². The van der Waals surface area contributed by atoms with E-state index in [9.17, 15) is 0 Å². The predicted molar refractivity (Wildman–Crippen MR) is 92.8 cm³/mol. The third-order valence-electron chi connectivity index (χ3n) is 2.80. The van der Waals surface area contributed by atoms with Gasteiger partial charge < -0.3 is 0 Å². The van der Waals surface area contributed by atoms with Crippen LogP contribution in [0.2, 0.25) is 0 Å². The van der Waals surface area contributed by atoms with Crippen LogP contribution in [0.15, 0.2) is 30.5 Å². The lowest BCUT2D eigenvalue weighted by Crippen LogP contribution is -1.92. The molecule has 118 valence electrons. The molecule has 0 saturated carbocycles. The fraction of sp³-hybridized carbons (Fsp3) is 0.421. The molecule has 3 heteroatoms. The zero-order valence-electron chi connectivity index (χ0n) is 14.8. The molecule has 0 radical (unpaired) electrons. The lowest BCUT2D eigenvalue weighted by molar-refractivity contribution is 0.854. The Balaban J connectivity index is 0.000000366. The van der Waals surface area contributed by atoms with Crippen molar-refractivity contribution in [3.8, 4) is 6.07 Å². The molecule has 2 rings (SSSR count). The molecule has 0 amide bonds. The molecular formula is C19H27N3. The van der Waals surface area contributed by atoms with Gasteiger partial charge in [0.05, 0.1) is 0 Å². The van der Waals surface area contributed by atoms with Gasteiger partial charge in [-0.3, -0.25) is 4.98 Å². The normalized spacial score (nSPS) is 9.05. The maximum absolute atomic E-state index is 8.35. The molecule has 0 N–H and O–H groups in total. The van der Waals surface area contributed by atoms with Crippen LogP contribution >= 0.6 is 0 Å². The summed E-state index contributed by atoms with van der Waals surface area (Å²) in [4.78, 5) is 8.11. The van der Waals surface area contributed by atoms with Gasteiger partial charge in [-0.05, 0) is 62.1 Å². The van der Waals surface area contributed by atoms with Crippen LogP contribution in [0.3, 0.4) is 0 Å². The molecule has 2 heterocycles. The molecule has 0 atom stereocenters. The first-order valence-electron chi connectivity index (χ1n) is 7.70. The predicted octanol–water partition coefficient (Wildman–Crippen LogP) is 5.11. The van der Waals surface area contributed by atoms with E-state index >= 15 is 0 Å². The molecule has 2 aromatic heterocycles. The molecule has 0 bridgehead atoms. The van der Waals surface area contributed by atoms with Gasteiger partial charge in [-0.2, -0.15) is 5.26 Å². The minimum absolute atomic E-state index is 0.481. The molecule has 0 aliphatic heterocycles. The Morgan fingerprint density at radius 1 is 1.00 bits per heavy atom. The van der Waals surface area contributed by atoms with Gasteiger partial charge in [0.1, 0.15) is 11.8 Å². The van der Waals surface area contributed by atoms with E-state index in [4.69, 9.17) is 5.26 Å². The van der Waals surface area contributed by atoms with Crippen LogP contribution in [0, 0.1) is 32.1 Å². The average molecular weight is 297 g/mol. The number of hydrogen-bond acceptors (Lipinski definition) is 3. The van der Waals surface area contributed by atoms with Crippen molar-refractivity contribution < 1.29 is 0 Å². The highest BCUT2D eigenvalue weighted by Crippen LogP contribution is 2.15. The summed E-state index contributed by atoms with van der Waals surface area (Å²) in [5.41, 5.74) is 5.17. The fourth-order valence-corrected chi connectivity index (χ4v) is 1.80. The van der Waals surface area contributed by atoms with Gasteiger partial charge in [-0.1, -0.05) is 27.7 Å². The van der Waals surface area contributed by atoms with E-state index in [1.807, 2.05) is 46.8 Å². The Bertz CT molecular complexity index is 590. The van der Waals surface area contributed by atoms with Crippen LogP contribution in [-0.4, -0.2) is 9.97 Å². The third kappa shape index (κ3) is 7.54. The van der Waals surface area contributed by atoms with E-state index in [2.05, 4.69) is 35.9 Å². The van der Waals surface area contributed by atoms with Crippen molar-refractivity contribution in [1.82, 2.24) is 9.97 Å². The summed E-state index contributed by atoms with van der Waals surface area (Å²) in [5, 5.41) is 8.35. The maximum atomic E-state index is 8.35. The van der Waals surface area contributed by atoms with E-state index in [0.29, 0.717) is 11.6 Å². The number of nitriles is 1. The zero-order valence-corrected chi connectivity index (χ0v) is 14.8. The van der Waals surface area contributed by atoms with Gasteiger partial charge in [-0.25, -0.2) is 4.98 Å².